The summed E-state index contributed by atoms with van der Waals surface area (Å²) in [7, 11) is 0. The van der Waals surface area contributed by atoms with Crippen molar-refractivity contribution in [3.05, 3.63) is 40.3 Å². The molecule has 54 valence electrons. The number of hydrogen-bond donors (Lipinski definition) is 0. The molecule has 2 rings (SSSR count). The van der Waals surface area contributed by atoms with Gasteiger partial charge in [0.25, 0.3) is 5.91 Å². The molecule has 0 saturated heterocycles. The van der Waals surface area contributed by atoms with E-state index in [-0.39, 0.29) is 11.3 Å². The predicted octanol–water partition coefficient (Wildman–Crippen LogP) is 0.515. The molecule has 1 aromatic heterocycles. The van der Waals surface area contributed by atoms with Crippen LogP contribution in [0.2, 0.25) is 0 Å². The Labute approximate surface area is 62.6 Å². The van der Waals surface area contributed by atoms with Gasteiger partial charge in [-0.1, -0.05) is 0 Å². The second-order valence-corrected chi connectivity index (χ2v) is 2.33. The van der Waals surface area contributed by atoms with Crippen LogP contribution >= 0.6 is 0 Å². The lowest BCUT2D eigenvalue weighted by Gasteiger charge is -1.97. The van der Waals surface area contributed by atoms with E-state index >= 15 is 0 Å². The maximum absolute atomic E-state index is 11.0. The molecule has 0 atom stereocenters. The first-order chi connectivity index (χ1) is 5.27. The van der Waals surface area contributed by atoms with Crippen molar-refractivity contribution < 1.29 is 4.79 Å². The first-order valence-corrected chi connectivity index (χ1v) is 3.22. The fraction of sp³-hybridized carbons (Fsp3) is 0. The predicted molar refractivity (Wildman–Crippen MR) is 40.4 cm³/mol. The molecule has 0 saturated carbocycles. The molecule has 11 heavy (non-hydrogen) atoms. The Balaban J connectivity index is 2.76. The minimum Gasteiger partial charge on any atom is -0.290 e. The Morgan fingerprint density at radius 1 is 1.18 bits per heavy atom. The van der Waals surface area contributed by atoms with Gasteiger partial charge in [-0.05, 0) is 6.08 Å². The van der Waals surface area contributed by atoms with Gasteiger partial charge in [0.15, 0.2) is 5.43 Å². The molecule has 0 N–H and O–H groups in total. The van der Waals surface area contributed by atoms with Gasteiger partial charge in [0.1, 0.15) is 0 Å². The van der Waals surface area contributed by atoms with Crippen LogP contribution in [0.1, 0.15) is 10.5 Å². The smallest absolute Gasteiger partial charge is 0.255 e. The molecule has 3 heteroatoms. The van der Waals surface area contributed by atoms with Gasteiger partial charge in [-0.25, -0.2) is 0 Å². The number of hydrogen-bond acceptors (Lipinski definition) is 2. The highest BCUT2D eigenvalue weighted by atomic mass is 16.2. The Kier molecular flexibility index (Phi) is 1.06. The van der Waals surface area contributed by atoms with Crippen molar-refractivity contribution in [3.63, 3.8) is 0 Å². The normalized spacial score (nSPS) is 13.6. The first kappa shape index (κ1) is 6.09. The van der Waals surface area contributed by atoms with Crippen LogP contribution in [0.5, 0.6) is 0 Å². The number of pyridine rings is 1. The zero-order valence-corrected chi connectivity index (χ0v) is 5.65. The monoisotopic (exact) mass is 147 g/mol. The van der Waals surface area contributed by atoms with Crippen molar-refractivity contribution >= 4 is 12.0 Å². The van der Waals surface area contributed by atoms with Crippen LogP contribution in [0, 0.1) is 0 Å². The number of carbonyl (C=O) groups is 1. The molecule has 0 aliphatic carbocycles. The summed E-state index contributed by atoms with van der Waals surface area (Å²) in [5, 5.41) is 0. The number of fused-ring (bicyclic) bond motifs is 1. The van der Waals surface area contributed by atoms with Crippen LogP contribution in [0.15, 0.2) is 29.2 Å². The van der Waals surface area contributed by atoms with Crippen LogP contribution in [-0.2, 0) is 0 Å². The third-order valence-electron chi connectivity index (χ3n) is 1.59. The van der Waals surface area contributed by atoms with E-state index in [1.54, 1.807) is 6.08 Å². The number of aromatic nitrogens is 1. The molecule has 1 aromatic rings. The van der Waals surface area contributed by atoms with Crippen LogP contribution in [0.4, 0.5) is 0 Å². The molecule has 0 fully saturated rings. The van der Waals surface area contributed by atoms with Crippen LogP contribution < -0.4 is 5.43 Å². The lowest BCUT2D eigenvalue weighted by Crippen LogP contribution is -2.09. The van der Waals surface area contributed by atoms with E-state index in [2.05, 4.69) is 0 Å². The van der Waals surface area contributed by atoms with Gasteiger partial charge in [0.2, 0.25) is 0 Å². The Hall–Kier alpha value is -1.64. The van der Waals surface area contributed by atoms with E-state index in [1.165, 1.54) is 29.0 Å². The topological polar surface area (TPSA) is 39.1 Å². The summed E-state index contributed by atoms with van der Waals surface area (Å²) >= 11 is 0. The summed E-state index contributed by atoms with van der Waals surface area (Å²) < 4.78 is 1.43. The van der Waals surface area contributed by atoms with Crippen LogP contribution in [-0.4, -0.2) is 10.5 Å². The molecule has 3 nitrogen and oxygen atoms in total. The zero-order valence-electron chi connectivity index (χ0n) is 5.65. The van der Waals surface area contributed by atoms with E-state index < -0.39 is 0 Å². The first-order valence-electron chi connectivity index (χ1n) is 3.22. The van der Waals surface area contributed by atoms with E-state index in [1.807, 2.05) is 0 Å². The van der Waals surface area contributed by atoms with Crippen LogP contribution in [0.25, 0.3) is 6.08 Å². The second kappa shape index (κ2) is 1.92. The van der Waals surface area contributed by atoms with E-state index in [0.717, 1.165) is 0 Å². The molecule has 0 unspecified atom stereocenters. The summed E-state index contributed by atoms with van der Waals surface area (Å²) in [6.07, 6.45) is 4.55. The fourth-order valence-corrected chi connectivity index (χ4v) is 1.06. The lowest BCUT2D eigenvalue weighted by atomic mass is 10.3. The van der Waals surface area contributed by atoms with Gasteiger partial charge in [0.05, 0.1) is 5.69 Å². The van der Waals surface area contributed by atoms with E-state index in [0.29, 0.717) is 5.69 Å². The third kappa shape index (κ3) is 0.816. The maximum Gasteiger partial charge on any atom is 0.255 e. The van der Waals surface area contributed by atoms with Crippen molar-refractivity contribution in [2.75, 3.05) is 0 Å². The maximum atomic E-state index is 11.0. The minimum absolute atomic E-state index is 0.0735. The summed E-state index contributed by atoms with van der Waals surface area (Å²) in [5.74, 6) is -0.0972. The molecule has 1 aliphatic heterocycles. The molecule has 0 spiro atoms. The molecule has 1 aliphatic rings. The molecular weight excluding hydrogens is 142 g/mol. The largest absolute Gasteiger partial charge is 0.290 e. The summed E-state index contributed by atoms with van der Waals surface area (Å²) in [6.45, 7) is 0. The molecule has 2 heterocycles. The number of allylic oxidation sites excluding steroid dienone is 1. The van der Waals surface area contributed by atoms with Gasteiger partial charge in [0, 0.05) is 24.4 Å². The molecule has 0 radical (unpaired) electrons. The van der Waals surface area contributed by atoms with Gasteiger partial charge in [-0.3, -0.25) is 14.2 Å². The molecule has 0 aromatic carbocycles. The second-order valence-electron chi connectivity index (χ2n) is 2.33. The zero-order chi connectivity index (χ0) is 7.84. The summed E-state index contributed by atoms with van der Waals surface area (Å²) in [6, 6.07) is 2.80. The van der Waals surface area contributed by atoms with Gasteiger partial charge < -0.3 is 0 Å². The van der Waals surface area contributed by atoms with Gasteiger partial charge >= 0.3 is 0 Å². The fourth-order valence-electron chi connectivity index (χ4n) is 1.06. The van der Waals surface area contributed by atoms with Crippen molar-refractivity contribution in [2.45, 2.75) is 0 Å². The number of nitrogens with zero attached hydrogens (tertiary/aromatic N) is 1. The highest BCUT2D eigenvalue weighted by Crippen LogP contribution is 2.07. The van der Waals surface area contributed by atoms with Crippen molar-refractivity contribution in [1.82, 2.24) is 4.57 Å². The van der Waals surface area contributed by atoms with Crippen molar-refractivity contribution in [2.24, 2.45) is 0 Å². The lowest BCUT2D eigenvalue weighted by molar-refractivity contribution is 0.0973. The minimum atomic E-state index is -0.0972. The van der Waals surface area contributed by atoms with Crippen molar-refractivity contribution in [3.8, 4) is 0 Å². The third-order valence-corrected chi connectivity index (χ3v) is 1.59. The van der Waals surface area contributed by atoms with Gasteiger partial charge in [-0.15, -0.1) is 0 Å². The molecular formula is C8H5NO2. The van der Waals surface area contributed by atoms with E-state index in [4.69, 9.17) is 0 Å². The summed E-state index contributed by atoms with van der Waals surface area (Å²) in [5.41, 5.74) is 0.582. The SMILES string of the molecule is O=C1C=Cc2cc(=O)ccn21. The quantitative estimate of drug-likeness (QED) is 0.536. The van der Waals surface area contributed by atoms with Crippen molar-refractivity contribution in [1.29, 1.82) is 0 Å². The van der Waals surface area contributed by atoms with E-state index in [9.17, 15) is 9.59 Å². The van der Waals surface area contributed by atoms with Gasteiger partial charge in [-0.2, -0.15) is 0 Å². The van der Waals surface area contributed by atoms with Crippen LogP contribution in [0.3, 0.4) is 0 Å². The Bertz CT molecular complexity index is 401. The Morgan fingerprint density at radius 2 is 2.00 bits per heavy atom. The average Bonchev–Trinajstić information content (AvgIpc) is 2.32. The Morgan fingerprint density at radius 3 is 2.82 bits per heavy atom. The number of carbonyl (C=O) groups excluding carboxylic acids is 1. The molecule has 0 bridgehead atoms. The highest BCUT2D eigenvalue weighted by Gasteiger charge is 2.09. The highest BCUT2D eigenvalue weighted by molar-refractivity contribution is 5.98. The molecule has 0 amide bonds. The standard InChI is InChI=1S/C8H5NO2/c10-7-3-4-9-6(5-7)1-2-8(9)11/h1-5H. The average molecular weight is 147 g/mol. The summed E-state index contributed by atoms with van der Waals surface area (Å²) in [4.78, 5) is 21.7. The number of rotatable bonds is 0.